The second-order valence-corrected chi connectivity index (χ2v) is 3.85. The van der Waals surface area contributed by atoms with Crippen LogP contribution in [0.4, 0.5) is 0 Å². The number of nitrogens with zero attached hydrogens (tertiary/aromatic N) is 1. The summed E-state index contributed by atoms with van der Waals surface area (Å²) in [4.78, 5) is 14.0. The maximum atomic E-state index is 12.2. The average Bonchev–Trinajstić information content (AvgIpc) is 2.45. The van der Waals surface area contributed by atoms with Gasteiger partial charge in [0.2, 0.25) is 0 Å². The molecule has 0 unspecified atom stereocenters. The Labute approximate surface area is 114 Å². The summed E-state index contributed by atoms with van der Waals surface area (Å²) in [5, 5.41) is 8.74. The van der Waals surface area contributed by atoms with Gasteiger partial charge in [-0.05, 0) is 32.0 Å². The van der Waals surface area contributed by atoms with E-state index in [1.165, 1.54) is 0 Å². The van der Waals surface area contributed by atoms with Crippen molar-refractivity contribution in [3.8, 4) is 17.6 Å². The SMILES string of the molecule is CCN(CC)C(=O)c1ccc(OC)c(C#CCO)c1. The normalized spacial score (nSPS) is 9.47. The van der Waals surface area contributed by atoms with Crippen LogP contribution in [0.1, 0.15) is 29.8 Å². The molecule has 0 saturated heterocycles. The van der Waals surface area contributed by atoms with Gasteiger partial charge in [-0.15, -0.1) is 0 Å². The molecule has 0 atom stereocenters. The van der Waals surface area contributed by atoms with E-state index in [-0.39, 0.29) is 12.5 Å². The number of carbonyl (C=O) groups is 1. The number of aliphatic hydroxyl groups is 1. The second kappa shape index (κ2) is 7.45. The van der Waals surface area contributed by atoms with Crippen LogP contribution in [0.3, 0.4) is 0 Å². The van der Waals surface area contributed by atoms with E-state index in [4.69, 9.17) is 9.84 Å². The fourth-order valence-electron chi connectivity index (χ4n) is 1.77. The molecule has 0 radical (unpaired) electrons. The van der Waals surface area contributed by atoms with Crippen LogP contribution in [0.25, 0.3) is 0 Å². The molecule has 0 bridgehead atoms. The van der Waals surface area contributed by atoms with Gasteiger partial charge in [0.05, 0.1) is 12.7 Å². The molecular weight excluding hydrogens is 242 g/mol. The zero-order chi connectivity index (χ0) is 14.3. The lowest BCUT2D eigenvalue weighted by Gasteiger charge is -2.19. The molecule has 1 N–H and O–H groups in total. The fourth-order valence-corrected chi connectivity index (χ4v) is 1.77. The number of amides is 1. The number of benzene rings is 1. The lowest BCUT2D eigenvalue weighted by Crippen LogP contribution is -2.30. The van der Waals surface area contributed by atoms with E-state index in [1.807, 2.05) is 13.8 Å². The Morgan fingerprint density at radius 3 is 2.58 bits per heavy atom. The minimum absolute atomic E-state index is 0.0281. The summed E-state index contributed by atoms with van der Waals surface area (Å²) >= 11 is 0. The highest BCUT2D eigenvalue weighted by molar-refractivity contribution is 5.94. The summed E-state index contributed by atoms with van der Waals surface area (Å²) in [6.07, 6.45) is 0. The molecule has 1 aromatic rings. The van der Waals surface area contributed by atoms with E-state index < -0.39 is 0 Å². The van der Waals surface area contributed by atoms with Crippen molar-refractivity contribution in [1.82, 2.24) is 4.90 Å². The third kappa shape index (κ3) is 3.73. The molecule has 1 rings (SSSR count). The number of rotatable bonds is 4. The topological polar surface area (TPSA) is 49.8 Å². The van der Waals surface area contributed by atoms with Gasteiger partial charge in [-0.3, -0.25) is 4.79 Å². The first kappa shape index (κ1) is 15.1. The predicted molar refractivity (Wildman–Crippen MR) is 74.2 cm³/mol. The van der Waals surface area contributed by atoms with E-state index >= 15 is 0 Å². The van der Waals surface area contributed by atoms with Gasteiger partial charge in [-0.2, -0.15) is 0 Å². The molecule has 0 aromatic heterocycles. The lowest BCUT2D eigenvalue weighted by molar-refractivity contribution is 0.0773. The first-order chi connectivity index (χ1) is 9.17. The molecule has 102 valence electrons. The van der Waals surface area contributed by atoms with Crippen LogP contribution >= 0.6 is 0 Å². The molecule has 4 nitrogen and oxygen atoms in total. The summed E-state index contributed by atoms with van der Waals surface area (Å²) in [6.45, 7) is 4.99. The fraction of sp³-hybridized carbons (Fsp3) is 0.400. The Balaban J connectivity index is 3.13. The molecule has 19 heavy (non-hydrogen) atoms. The first-order valence-corrected chi connectivity index (χ1v) is 6.24. The maximum Gasteiger partial charge on any atom is 0.253 e. The largest absolute Gasteiger partial charge is 0.495 e. The Kier molecular flexibility index (Phi) is 5.91. The standard InChI is InChI=1S/C15H19NO3/c1-4-16(5-2)15(18)13-8-9-14(19-3)12(11-13)7-6-10-17/h8-9,11,17H,4-5,10H2,1-3H3. The third-order valence-corrected chi connectivity index (χ3v) is 2.80. The Bertz CT molecular complexity index is 496. The zero-order valence-electron chi connectivity index (χ0n) is 11.6. The van der Waals surface area contributed by atoms with Gasteiger partial charge < -0.3 is 14.7 Å². The number of hydrogen-bond donors (Lipinski definition) is 1. The molecule has 0 heterocycles. The monoisotopic (exact) mass is 261 g/mol. The van der Waals surface area contributed by atoms with E-state index in [0.717, 1.165) is 0 Å². The predicted octanol–water partition coefficient (Wildman–Crippen LogP) is 1.52. The van der Waals surface area contributed by atoms with Gasteiger partial charge >= 0.3 is 0 Å². The van der Waals surface area contributed by atoms with Crippen LogP contribution in [0.2, 0.25) is 0 Å². The van der Waals surface area contributed by atoms with Gasteiger partial charge in [0, 0.05) is 18.7 Å². The molecule has 0 spiro atoms. The van der Waals surface area contributed by atoms with Crippen LogP contribution in [0.15, 0.2) is 18.2 Å². The minimum atomic E-state index is -0.225. The number of methoxy groups -OCH3 is 1. The van der Waals surface area contributed by atoms with E-state index in [0.29, 0.717) is 30.0 Å². The highest BCUT2D eigenvalue weighted by atomic mass is 16.5. The summed E-state index contributed by atoms with van der Waals surface area (Å²) < 4.78 is 5.18. The summed E-state index contributed by atoms with van der Waals surface area (Å²) in [5.41, 5.74) is 1.18. The van der Waals surface area contributed by atoms with Crippen molar-refractivity contribution < 1.29 is 14.6 Å². The molecule has 4 heteroatoms. The highest BCUT2D eigenvalue weighted by Gasteiger charge is 2.14. The van der Waals surface area contributed by atoms with Crippen LogP contribution in [0, 0.1) is 11.8 Å². The van der Waals surface area contributed by atoms with Crippen molar-refractivity contribution in [3.63, 3.8) is 0 Å². The van der Waals surface area contributed by atoms with E-state index in [9.17, 15) is 4.79 Å². The molecule has 0 saturated carbocycles. The summed E-state index contributed by atoms with van der Waals surface area (Å²) in [7, 11) is 1.55. The molecule has 1 aromatic carbocycles. The van der Waals surface area contributed by atoms with Gasteiger partial charge in [0.1, 0.15) is 12.4 Å². The molecule has 0 fully saturated rings. The number of hydrogen-bond acceptors (Lipinski definition) is 3. The second-order valence-electron chi connectivity index (χ2n) is 3.85. The average molecular weight is 261 g/mol. The zero-order valence-corrected chi connectivity index (χ0v) is 11.6. The molecular formula is C15H19NO3. The highest BCUT2D eigenvalue weighted by Crippen LogP contribution is 2.19. The van der Waals surface area contributed by atoms with Crippen molar-refractivity contribution in [2.45, 2.75) is 13.8 Å². The smallest absolute Gasteiger partial charge is 0.253 e. The number of ether oxygens (including phenoxy) is 1. The third-order valence-electron chi connectivity index (χ3n) is 2.80. The van der Waals surface area contributed by atoms with Crippen molar-refractivity contribution in [2.75, 3.05) is 26.8 Å². The first-order valence-electron chi connectivity index (χ1n) is 6.24. The van der Waals surface area contributed by atoms with Crippen molar-refractivity contribution >= 4 is 5.91 Å². The number of carbonyl (C=O) groups excluding carboxylic acids is 1. The van der Waals surface area contributed by atoms with Crippen LogP contribution in [0.5, 0.6) is 5.75 Å². The van der Waals surface area contributed by atoms with Crippen molar-refractivity contribution in [2.24, 2.45) is 0 Å². The van der Waals surface area contributed by atoms with E-state index in [1.54, 1.807) is 30.2 Å². The molecule has 0 aliphatic heterocycles. The van der Waals surface area contributed by atoms with Crippen LogP contribution < -0.4 is 4.74 Å². The lowest BCUT2D eigenvalue weighted by atomic mass is 10.1. The molecule has 1 amide bonds. The van der Waals surface area contributed by atoms with E-state index in [2.05, 4.69) is 11.8 Å². The summed E-state index contributed by atoms with van der Waals surface area (Å²) in [6, 6.07) is 5.14. The maximum absolute atomic E-state index is 12.2. The van der Waals surface area contributed by atoms with Crippen LogP contribution in [-0.4, -0.2) is 42.7 Å². The van der Waals surface area contributed by atoms with Gasteiger partial charge in [0.25, 0.3) is 5.91 Å². The van der Waals surface area contributed by atoms with Gasteiger partial charge in [-0.25, -0.2) is 0 Å². The quantitative estimate of drug-likeness (QED) is 0.836. The Hall–Kier alpha value is -1.99. The van der Waals surface area contributed by atoms with Crippen molar-refractivity contribution in [3.05, 3.63) is 29.3 Å². The van der Waals surface area contributed by atoms with Crippen LogP contribution in [-0.2, 0) is 0 Å². The summed E-state index contributed by atoms with van der Waals surface area (Å²) in [5.74, 6) is 5.92. The molecule has 0 aliphatic rings. The van der Waals surface area contributed by atoms with Gasteiger partial charge in [0.15, 0.2) is 0 Å². The van der Waals surface area contributed by atoms with Gasteiger partial charge in [-0.1, -0.05) is 11.8 Å². The van der Waals surface area contributed by atoms with Crippen molar-refractivity contribution in [1.29, 1.82) is 0 Å². The number of aliphatic hydroxyl groups excluding tert-OH is 1. The Morgan fingerprint density at radius 1 is 1.37 bits per heavy atom. The molecule has 0 aliphatic carbocycles. The Morgan fingerprint density at radius 2 is 2.05 bits per heavy atom. The minimum Gasteiger partial charge on any atom is -0.495 e.